The number of carbonyl (C=O) groups is 1. The number of hydrogen-bond donors (Lipinski definition) is 2. The quantitative estimate of drug-likeness (QED) is 0.634. The Bertz CT molecular complexity index is 432. The van der Waals surface area contributed by atoms with Gasteiger partial charge in [-0.15, -0.1) is 5.92 Å². The lowest BCUT2D eigenvalue weighted by Gasteiger charge is -2.05. The van der Waals surface area contributed by atoms with E-state index in [4.69, 9.17) is 5.73 Å². The second kappa shape index (κ2) is 5.42. The van der Waals surface area contributed by atoms with Crippen molar-refractivity contribution in [1.29, 1.82) is 0 Å². The smallest absolute Gasteiger partial charge is 0.254 e. The fourth-order valence-corrected chi connectivity index (χ4v) is 1.39. The fraction of sp³-hybridized carbons (Fsp3) is 0.182. The van der Waals surface area contributed by atoms with Crippen molar-refractivity contribution in [3.05, 3.63) is 28.2 Å². The van der Waals surface area contributed by atoms with Crippen molar-refractivity contribution < 1.29 is 4.79 Å². The zero-order chi connectivity index (χ0) is 11.3. The van der Waals surface area contributed by atoms with Gasteiger partial charge in [0.05, 0.1) is 12.1 Å². The molecule has 0 aliphatic rings. The van der Waals surface area contributed by atoms with Crippen LogP contribution in [0.25, 0.3) is 0 Å². The minimum absolute atomic E-state index is 0.212. The van der Waals surface area contributed by atoms with Crippen LogP contribution in [0.15, 0.2) is 22.7 Å². The molecule has 0 atom stereocenters. The molecule has 15 heavy (non-hydrogen) atoms. The van der Waals surface area contributed by atoms with Crippen LogP contribution in [0, 0.1) is 11.8 Å². The standard InChI is InChI=1S/C11H11BrN2O/c1-2-3-6-14-11(15)9-7-8(12)4-5-10(9)13/h4-5,7H,6,13H2,1H3,(H,14,15). The van der Waals surface area contributed by atoms with Crippen LogP contribution in [0.4, 0.5) is 5.69 Å². The molecule has 0 spiro atoms. The Morgan fingerprint density at radius 1 is 1.60 bits per heavy atom. The first kappa shape index (κ1) is 11.6. The van der Waals surface area contributed by atoms with Gasteiger partial charge in [-0.25, -0.2) is 0 Å². The van der Waals surface area contributed by atoms with E-state index in [0.29, 0.717) is 17.8 Å². The molecule has 0 fully saturated rings. The highest BCUT2D eigenvalue weighted by atomic mass is 79.9. The Labute approximate surface area is 97.2 Å². The number of benzene rings is 1. The van der Waals surface area contributed by atoms with Gasteiger partial charge in [0.15, 0.2) is 0 Å². The molecular formula is C11H11BrN2O. The average Bonchev–Trinajstić information content (AvgIpc) is 2.22. The lowest BCUT2D eigenvalue weighted by molar-refractivity contribution is 0.0959. The molecule has 0 bridgehead atoms. The van der Waals surface area contributed by atoms with Gasteiger partial charge in [0.2, 0.25) is 0 Å². The molecule has 0 aliphatic heterocycles. The first-order chi connectivity index (χ1) is 7.15. The Morgan fingerprint density at radius 2 is 2.33 bits per heavy atom. The number of carbonyl (C=O) groups excluding carboxylic acids is 1. The highest BCUT2D eigenvalue weighted by molar-refractivity contribution is 9.10. The third kappa shape index (κ3) is 3.30. The number of nitrogens with one attached hydrogen (secondary N) is 1. The number of hydrogen-bond acceptors (Lipinski definition) is 2. The summed E-state index contributed by atoms with van der Waals surface area (Å²) in [6.07, 6.45) is 0. The van der Waals surface area contributed by atoms with E-state index in [9.17, 15) is 4.79 Å². The van der Waals surface area contributed by atoms with Crippen molar-refractivity contribution in [2.45, 2.75) is 6.92 Å². The Morgan fingerprint density at radius 3 is 3.00 bits per heavy atom. The van der Waals surface area contributed by atoms with Crippen LogP contribution in [0.2, 0.25) is 0 Å². The summed E-state index contributed by atoms with van der Waals surface area (Å²) in [6, 6.07) is 5.16. The number of nitrogens with two attached hydrogens (primary N) is 1. The topological polar surface area (TPSA) is 55.1 Å². The third-order valence-corrected chi connectivity index (χ3v) is 2.27. The van der Waals surface area contributed by atoms with Crippen LogP contribution in [0.3, 0.4) is 0 Å². The number of rotatable bonds is 2. The summed E-state index contributed by atoms with van der Waals surface area (Å²) >= 11 is 3.28. The molecule has 1 rings (SSSR count). The summed E-state index contributed by atoms with van der Waals surface area (Å²) in [4.78, 5) is 11.6. The van der Waals surface area contributed by atoms with E-state index in [1.165, 1.54) is 0 Å². The molecule has 0 aromatic heterocycles. The largest absolute Gasteiger partial charge is 0.398 e. The van der Waals surface area contributed by atoms with Gasteiger partial charge in [0, 0.05) is 10.2 Å². The number of nitrogen functional groups attached to an aromatic ring is 1. The zero-order valence-electron chi connectivity index (χ0n) is 8.30. The first-order valence-electron chi connectivity index (χ1n) is 4.38. The van der Waals surface area contributed by atoms with Crippen LogP contribution >= 0.6 is 15.9 Å². The molecule has 0 saturated carbocycles. The van der Waals surface area contributed by atoms with Gasteiger partial charge in [0.1, 0.15) is 0 Å². The predicted octanol–water partition coefficient (Wildman–Crippen LogP) is 1.78. The summed E-state index contributed by atoms with van der Waals surface area (Å²) in [5.74, 6) is 5.23. The zero-order valence-corrected chi connectivity index (χ0v) is 9.89. The number of halogens is 1. The normalized spacial score (nSPS) is 8.93. The second-order valence-electron chi connectivity index (χ2n) is 2.84. The van der Waals surface area contributed by atoms with Crippen molar-refractivity contribution in [1.82, 2.24) is 5.32 Å². The number of anilines is 1. The fourth-order valence-electron chi connectivity index (χ4n) is 1.03. The second-order valence-corrected chi connectivity index (χ2v) is 3.76. The molecule has 3 N–H and O–H groups in total. The Balaban J connectivity index is 2.80. The molecule has 1 aromatic carbocycles. The maximum Gasteiger partial charge on any atom is 0.254 e. The summed E-state index contributed by atoms with van der Waals surface area (Å²) < 4.78 is 0.823. The molecule has 0 aliphatic carbocycles. The molecular weight excluding hydrogens is 256 g/mol. The predicted molar refractivity (Wildman–Crippen MR) is 64.3 cm³/mol. The summed E-state index contributed by atoms with van der Waals surface area (Å²) in [6.45, 7) is 2.06. The highest BCUT2D eigenvalue weighted by Gasteiger charge is 2.08. The molecule has 0 saturated heterocycles. The average molecular weight is 267 g/mol. The number of amides is 1. The monoisotopic (exact) mass is 266 g/mol. The van der Waals surface area contributed by atoms with Crippen molar-refractivity contribution in [3.63, 3.8) is 0 Å². The lowest BCUT2D eigenvalue weighted by atomic mass is 10.1. The maximum atomic E-state index is 11.6. The molecule has 3 nitrogen and oxygen atoms in total. The van der Waals surface area contributed by atoms with Crippen LogP contribution in [-0.4, -0.2) is 12.5 Å². The third-order valence-electron chi connectivity index (χ3n) is 1.77. The van der Waals surface area contributed by atoms with E-state index in [1.807, 2.05) is 0 Å². The van der Waals surface area contributed by atoms with Crippen LogP contribution in [0.1, 0.15) is 17.3 Å². The SMILES string of the molecule is CC#CCNC(=O)c1cc(Br)ccc1N. The molecule has 78 valence electrons. The molecule has 1 amide bonds. The Hall–Kier alpha value is -1.47. The lowest BCUT2D eigenvalue weighted by Crippen LogP contribution is -2.24. The van der Waals surface area contributed by atoms with E-state index in [2.05, 4.69) is 33.1 Å². The van der Waals surface area contributed by atoms with Gasteiger partial charge in [-0.2, -0.15) is 0 Å². The minimum Gasteiger partial charge on any atom is -0.398 e. The first-order valence-corrected chi connectivity index (χ1v) is 5.17. The van der Waals surface area contributed by atoms with Crippen molar-refractivity contribution >= 4 is 27.5 Å². The van der Waals surface area contributed by atoms with E-state index in [0.717, 1.165) is 4.47 Å². The summed E-state index contributed by atoms with van der Waals surface area (Å²) in [5, 5.41) is 2.65. The van der Waals surface area contributed by atoms with Crippen LogP contribution < -0.4 is 11.1 Å². The van der Waals surface area contributed by atoms with E-state index in [-0.39, 0.29) is 5.91 Å². The van der Waals surface area contributed by atoms with Gasteiger partial charge in [-0.3, -0.25) is 4.79 Å². The highest BCUT2D eigenvalue weighted by Crippen LogP contribution is 2.17. The van der Waals surface area contributed by atoms with E-state index < -0.39 is 0 Å². The van der Waals surface area contributed by atoms with Crippen LogP contribution in [-0.2, 0) is 0 Å². The van der Waals surface area contributed by atoms with Crippen LogP contribution in [0.5, 0.6) is 0 Å². The summed E-state index contributed by atoms with van der Waals surface area (Å²) in [7, 11) is 0. The molecule has 0 heterocycles. The Kier molecular flexibility index (Phi) is 4.19. The van der Waals surface area contributed by atoms with Crippen molar-refractivity contribution in [2.75, 3.05) is 12.3 Å². The van der Waals surface area contributed by atoms with Gasteiger partial charge in [-0.05, 0) is 25.1 Å². The summed E-state index contributed by atoms with van der Waals surface area (Å²) in [5.41, 5.74) is 6.60. The minimum atomic E-state index is -0.212. The van der Waals surface area contributed by atoms with Gasteiger partial charge >= 0.3 is 0 Å². The van der Waals surface area contributed by atoms with E-state index >= 15 is 0 Å². The van der Waals surface area contributed by atoms with Gasteiger partial charge < -0.3 is 11.1 Å². The van der Waals surface area contributed by atoms with Crippen molar-refractivity contribution in [2.24, 2.45) is 0 Å². The van der Waals surface area contributed by atoms with Crippen molar-refractivity contribution in [3.8, 4) is 11.8 Å². The van der Waals surface area contributed by atoms with E-state index in [1.54, 1.807) is 25.1 Å². The molecule has 0 unspecified atom stereocenters. The molecule has 1 aromatic rings. The van der Waals surface area contributed by atoms with Gasteiger partial charge in [0.25, 0.3) is 5.91 Å². The molecule has 4 heteroatoms. The molecule has 0 radical (unpaired) electrons. The van der Waals surface area contributed by atoms with Gasteiger partial charge in [-0.1, -0.05) is 21.9 Å². The maximum absolute atomic E-state index is 11.6.